The van der Waals surface area contributed by atoms with Crippen molar-refractivity contribution in [3.05, 3.63) is 46.2 Å². The fourth-order valence-corrected chi connectivity index (χ4v) is 2.64. The molecule has 1 aromatic heterocycles. The lowest BCUT2D eigenvalue weighted by molar-refractivity contribution is 0.0957. The van der Waals surface area contributed by atoms with Gasteiger partial charge in [-0.1, -0.05) is 29.5 Å². The average molecular weight is 293 g/mol. The van der Waals surface area contributed by atoms with Crippen molar-refractivity contribution in [2.24, 2.45) is 0 Å². The first-order valence-corrected chi connectivity index (χ1v) is 7.10. The number of nitrogens with one attached hydrogen (secondary N) is 2. The van der Waals surface area contributed by atoms with Gasteiger partial charge in [-0.2, -0.15) is 0 Å². The zero-order chi connectivity index (χ0) is 14.5. The fourth-order valence-electron chi connectivity index (χ4n) is 1.81. The number of benzene rings is 1. The standard InChI is InChI=1S/C14H16FN3OS/c1-9-12(20-14(16-2)18-9)13(19)17-8-7-10-5-3-4-6-11(10)15/h3-6H,7-8H2,1-2H3,(H,16,18)(H,17,19). The molecule has 0 saturated heterocycles. The minimum Gasteiger partial charge on any atom is -0.365 e. The van der Waals surface area contributed by atoms with Gasteiger partial charge in [-0.25, -0.2) is 9.37 Å². The lowest BCUT2D eigenvalue weighted by atomic mass is 10.1. The van der Waals surface area contributed by atoms with Gasteiger partial charge in [0.15, 0.2) is 5.13 Å². The van der Waals surface area contributed by atoms with Crippen LogP contribution >= 0.6 is 11.3 Å². The minimum atomic E-state index is -0.242. The number of anilines is 1. The number of carbonyl (C=O) groups excluding carboxylic acids is 1. The fraction of sp³-hybridized carbons (Fsp3) is 0.286. The molecule has 6 heteroatoms. The highest BCUT2D eigenvalue weighted by molar-refractivity contribution is 7.17. The molecule has 0 aliphatic rings. The number of hydrogen-bond donors (Lipinski definition) is 2. The van der Waals surface area contributed by atoms with E-state index in [2.05, 4.69) is 15.6 Å². The molecule has 0 unspecified atom stereocenters. The van der Waals surface area contributed by atoms with Crippen molar-refractivity contribution >= 4 is 22.4 Å². The molecule has 0 fully saturated rings. The van der Waals surface area contributed by atoms with Gasteiger partial charge in [0.25, 0.3) is 5.91 Å². The summed E-state index contributed by atoms with van der Waals surface area (Å²) >= 11 is 1.31. The minimum absolute atomic E-state index is 0.169. The molecular formula is C14H16FN3OS. The van der Waals surface area contributed by atoms with Crippen LogP contribution in [0.25, 0.3) is 0 Å². The molecule has 0 bridgehead atoms. The second-order valence-electron chi connectivity index (χ2n) is 4.28. The highest BCUT2D eigenvalue weighted by Gasteiger charge is 2.14. The molecular weight excluding hydrogens is 277 g/mol. The first-order valence-electron chi connectivity index (χ1n) is 6.28. The van der Waals surface area contributed by atoms with E-state index in [4.69, 9.17) is 0 Å². The van der Waals surface area contributed by atoms with Crippen molar-refractivity contribution in [1.29, 1.82) is 0 Å². The van der Waals surface area contributed by atoms with E-state index in [1.165, 1.54) is 17.4 Å². The van der Waals surface area contributed by atoms with Crippen LogP contribution in [-0.4, -0.2) is 24.5 Å². The number of amides is 1. The number of rotatable bonds is 5. The third-order valence-electron chi connectivity index (χ3n) is 2.85. The largest absolute Gasteiger partial charge is 0.365 e. The Bertz CT molecular complexity index is 612. The Morgan fingerprint density at radius 3 is 2.80 bits per heavy atom. The third-order valence-corrected chi connectivity index (χ3v) is 4.03. The van der Waals surface area contributed by atoms with Crippen molar-refractivity contribution in [2.75, 3.05) is 18.9 Å². The molecule has 2 N–H and O–H groups in total. The normalized spacial score (nSPS) is 10.3. The zero-order valence-electron chi connectivity index (χ0n) is 11.4. The number of aryl methyl sites for hydroxylation is 1. The maximum Gasteiger partial charge on any atom is 0.263 e. The highest BCUT2D eigenvalue weighted by atomic mass is 32.1. The van der Waals surface area contributed by atoms with Gasteiger partial charge in [-0.15, -0.1) is 0 Å². The molecule has 1 heterocycles. The van der Waals surface area contributed by atoms with Crippen LogP contribution in [-0.2, 0) is 6.42 Å². The molecule has 20 heavy (non-hydrogen) atoms. The summed E-state index contributed by atoms with van der Waals surface area (Å²) in [6, 6.07) is 6.58. The summed E-state index contributed by atoms with van der Waals surface area (Å²) in [5.41, 5.74) is 1.30. The van der Waals surface area contributed by atoms with Crippen molar-refractivity contribution in [3.63, 3.8) is 0 Å². The zero-order valence-corrected chi connectivity index (χ0v) is 12.2. The SMILES string of the molecule is CNc1nc(C)c(C(=O)NCCc2ccccc2F)s1. The van der Waals surface area contributed by atoms with Gasteiger partial charge < -0.3 is 10.6 Å². The summed E-state index contributed by atoms with van der Waals surface area (Å²) in [6.45, 7) is 2.19. The van der Waals surface area contributed by atoms with Gasteiger partial charge in [0.2, 0.25) is 0 Å². The third kappa shape index (κ3) is 3.33. The van der Waals surface area contributed by atoms with E-state index in [1.54, 1.807) is 32.2 Å². The number of halogens is 1. The molecule has 4 nitrogen and oxygen atoms in total. The molecule has 0 aliphatic carbocycles. The van der Waals surface area contributed by atoms with Gasteiger partial charge in [0.05, 0.1) is 5.69 Å². The summed E-state index contributed by atoms with van der Waals surface area (Å²) < 4.78 is 13.4. The quantitative estimate of drug-likeness (QED) is 0.891. The van der Waals surface area contributed by atoms with Crippen molar-refractivity contribution < 1.29 is 9.18 Å². The Morgan fingerprint density at radius 2 is 2.15 bits per heavy atom. The molecule has 0 spiro atoms. The van der Waals surface area contributed by atoms with Crippen LogP contribution in [0.15, 0.2) is 24.3 Å². The molecule has 0 aliphatic heterocycles. The van der Waals surface area contributed by atoms with Gasteiger partial charge in [0.1, 0.15) is 10.7 Å². The van der Waals surface area contributed by atoms with Crippen LogP contribution in [0.1, 0.15) is 20.9 Å². The average Bonchev–Trinajstić information content (AvgIpc) is 2.82. The number of thiazole rings is 1. The molecule has 106 valence electrons. The van der Waals surface area contributed by atoms with E-state index >= 15 is 0 Å². The van der Waals surface area contributed by atoms with Crippen LogP contribution in [0, 0.1) is 12.7 Å². The molecule has 0 atom stereocenters. The molecule has 1 amide bonds. The second kappa shape index (κ2) is 6.47. The molecule has 1 aromatic carbocycles. The Labute approximate surface area is 121 Å². The topological polar surface area (TPSA) is 54.0 Å². The monoisotopic (exact) mass is 293 g/mol. The van der Waals surface area contributed by atoms with E-state index in [9.17, 15) is 9.18 Å². The second-order valence-corrected chi connectivity index (χ2v) is 5.28. The number of nitrogens with zero attached hydrogens (tertiary/aromatic N) is 1. The first kappa shape index (κ1) is 14.5. The number of aromatic nitrogens is 1. The van der Waals surface area contributed by atoms with E-state index < -0.39 is 0 Å². The smallest absolute Gasteiger partial charge is 0.263 e. The highest BCUT2D eigenvalue weighted by Crippen LogP contribution is 2.21. The first-order chi connectivity index (χ1) is 9.61. The Morgan fingerprint density at radius 1 is 1.40 bits per heavy atom. The van der Waals surface area contributed by atoms with E-state index in [1.807, 2.05) is 0 Å². The maximum absolute atomic E-state index is 13.4. The van der Waals surface area contributed by atoms with Gasteiger partial charge >= 0.3 is 0 Å². The Balaban J connectivity index is 1.92. The molecule has 0 saturated carbocycles. The number of carbonyl (C=O) groups is 1. The van der Waals surface area contributed by atoms with Gasteiger partial charge in [0, 0.05) is 13.6 Å². The Hall–Kier alpha value is -1.95. The van der Waals surface area contributed by atoms with Crippen molar-refractivity contribution in [1.82, 2.24) is 10.3 Å². The summed E-state index contributed by atoms with van der Waals surface area (Å²) in [6.07, 6.45) is 0.467. The van der Waals surface area contributed by atoms with Crippen molar-refractivity contribution in [2.45, 2.75) is 13.3 Å². The predicted molar refractivity (Wildman–Crippen MR) is 78.8 cm³/mol. The summed E-state index contributed by atoms with van der Waals surface area (Å²) in [4.78, 5) is 16.8. The van der Waals surface area contributed by atoms with Crippen LogP contribution in [0.2, 0.25) is 0 Å². The van der Waals surface area contributed by atoms with Crippen LogP contribution < -0.4 is 10.6 Å². The summed E-state index contributed by atoms with van der Waals surface area (Å²) in [5.74, 6) is -0.411. The van der Waals surface area contributed by atoms with E-state index in [0.717, 1.165) is 0 Å². The molecule has 2 aromatic rings. The lowest BCUT2D eigenvalue weighted by Crippen LogP contribution is -2.25. The summed E-state index contributed by atoms with van der Waals surface area (Å²) in [7, 11) is 1.76. The number of hydrogen-bond acceptors (Lipinski definition) is 4. The maximum atomic E-state index is 13.4. The Kier molecular flexibility index (Phi) is 4.68. The van der Waals surface area contributed by atoms with Gasteiger partial charge in [-0.05, 0) is 25.0 Å². The summed E-state index contributed by atoms with van der Waals surface area (Å²) in [5, 5.41) is 6.41. The van der Waals surface area contributed by atoms with E-state index in [0.29, 0.717) is 34.2 Å². The molecule has 0 radical (unpaired) electrons. The van der Waals surface area contributed by atoms with Crippen molar-refractivity contribution in [3.8, 4) is 0 Å². The van der Waals surface area contributed by atoms with E-state index in [-0.39, 0.29) is 11.7 Å². The molecule has 2 rings (SSSR count). The predicted octanol–water partition coefficient (Wildman–Crippen LogP) is 2.60. The van der Waals surface area contributed by atoms with Crippen LogP contribution in [0.3, 0.4) is 0 Å². The van der Waals surface area contributed by atoms with Crippen LogP contribution in [0.5, 0.6) is 0 Å². The van der Waals surface area contributed by atoms with Gasteiger partial charge in [-0.3, -0.25) is 4.79 Å². The van der Waals surface area contributed by atoms with Crippen LogP contribution in [0.4, 0.5) is 9.52 Å². The lowest BCUT2D eigenvalue weighted by Gasteiger charge is -2.05.